The van der Waals surface area contributed by atoms with Gasteiger partial charge in [-0.1, -0.05) is 24.6 Å². The molecule has 0 unspecified atom stereocenters. The second kappa shape index (κ2) is 4.77. The van der Waals surface area contributed by atoms with Gasteiger partial charge in [0.2, 0.25) is 0 Å². The fraction of sp³-hybridized carbons (Fsp3) is 0.467. The van der Waals surface area contributed by atoms with E-state index in [1.165, 1.54) is 4.57 Å². The van der Waals surface area contributed by atoms with Crippen LogP contribution in [0, 0.1) is 0 Å². The minimum absolute atomic E-state index is 0.173. The van der Waals surface area contributed by atoms with Gasteiger partial charge in [-0.2, -0.15) is 0 Å². The molecule has 0 bridgehead atoms. The topological polar surface area (TPSA) is 48.3 Å². The van der Waals surface area contributed by atoms with Crippen molar-refractivity contribution in [2.45, 2.75) is 44.2 Å². The average Bonchev–Trinajstić information content (AvgIpc) is 2.66. The van der Waals surface area contributed by atoms with Crippen LogP contribution in [0.5, 0.6) is 0 Å². The van der Waals surface area contributed by atoms with Gasteiger partial charge in [-0.05, 0) is 31.7 Å². The molecule has 1 fully saturated rings. The van der Waals surface area contributed by atoms with E-state index in [0.717, 1.165) is 37.7 Å². The number of fused-ring (bicyclic) bond motifs is 2. The largest absolute Gasteiger partial charge is 0.450 e. The predicted molar refractivity (Wildman–Crippen MR) is 75.9 cm³/mol. The molecule has 3 rings (SSSR count). The first-order valence-electron chi connectivity index (χ1n) is 6.84. The van der Waals surface area contributed by atoms with E-state index in [0.29, 0.717) is 5.03 Å². The molecule has 0 radical (unpaired) electrons. The van der Waals surface area contributed by atoms with Gasteiger partial charge < -0.3 is 9.30 Å². The van der Waals surface area contributed by atoms with Gasteiger partial charge in [0.1, 0.15) is 11.2 Å². The molecule has 20 heavy (non-hydrogen) atoms. The van der Waals surface area contributed by atoms with Crippen molar-refractivity contribution in [3.05, 3.63) is 45.4 Å². The van der Waals surface area contributed by atoms with E-state index in [1.54, 1.807) is 6.20 Å². The highest BCUT2D eigenvalue weighted by atomic mass is 35.5. The van der Waals surface area contributed by atoms with Crippen molar-refractivity contribution in [1.29, 1.82) is 0 Å². The number of hydrogen-bond acceptors (Lipinski definition) is 3. The van der Waals surface area contributed by atoms with Crippen LogP contribution in [0.1, 0.15) is 48.0 Å². The van der Waals surface area contributed by atoms with Crippen molar-refractivity contribution < 1.29 is 9.53 Å². The highest BCUT2D eigenvalue weighted by Gasteiger charge is 2.47. The van der Waals surface area contributed by atoms with Crippen molar-refractivity contribution in [3.63, 3.8) is 0 Å². The Morgan fingerprint density at radius 1 is 1.35 bits per heavy atom. The molecule has 0 N–H and O–H groups in total. The van der Waals surface area contributed by atoms with Crippen molar-refractivity contribution >= 4 is 17.6 Å². The van der Waals surface area contributed by atoms with E-state index < -0.39 is 11.6 Å². The van der Waals surface area contributed by atoms with Crippen LogP contribution in [0.3, 0.4) is 0 Å². The van der Waals surface area contributed by atoms with Gasteiger partial charge in [0.05, 0.1) is 6.54 Å². The van der Waals surface area contributed by atoms with Gasteiger partial charge in [0.15, 0.2) is 0 Å². The van der Waals surface area contributed by atoms with E-state index in [4.69, 9.17) is 16.3 Å². The number of halogens is 1. The number of hydrogen-bond donors (Lipinski definition) is 0. The summed E-state index contributed by atoms with van der Waals surface area (Å²) in [6.45, 7) is 3.78. The molecule has 0 saturated heterocycles. The second-order valence-electron chi connectivity index (χ2n) is 5.50. The van der Waals surface area contributed by atoms with E-state index in [9.17, 15) is 9.59 Å². The Balaban J connectivity index is 2.10. The van der Waals surface area contributed by atoms with E-state index >= 15 is 0 Å². The summed E-state index contributed by atoms with van der Waals surface area (Å²) in [5.74, 6) is -0.499. The molecule has 0 aromatic carbocycles. The lowest BCUT2D eigenvalue weighted by Gasteiger charge is -2.32. The lowest BCUT2D eigenvalue weighted by molar-refractivity contribution is -0.0280. The molecule has 1 saturated carbocycles. The maximum Gasteiger partial charge on any atom is 0.345 e. The number of allylic oxidation sites excluding steroid dienone is 1. The van der Waals surface area contributed by atoms with E-state index in [1.807, 2.05) is 6.07 Å². The number of nitrogens with zero attached hydrogens (tertiary/aromatic N) is 1. The standard InChI is InChI=1S/C15H16ClNO3/c1-10(16)9-17-8-5-11-12(13(17)18)14(19)20-15(11)6-3-2-4-7-15/h5,8H,1-4,6-7,9H2. The van der Waals surface area contributed by atoms with E-state index in [-0.39, 0.29) is 17.7 Å². The summed E-state index contributed by atoms with van der Waals surface area (Å²) >= 11 is 5.74. The Labute approximate surface area is 122 Å². The summed E-state index contributed by atoms with van der Waals surface area (Å²) in [5.41, 5.74) is 0.0219. The van der Waals surface area contributed by atoms with Crippen LogP contribution < -0.4 is 5.56 Å². The second-order valence-corrected chi connectivity index (χ2v) is 6.03. The molecule has 1 aliphatic carbocycles. The normalized spacial score (nSPS) is 19.8. The molecule has 2 heterocycles. The van der Waals surface area contributed by atoms with Crippen LogP contribution in [0.15, 0.2) is 28.7 Å². The summed E-state index contributed by atoms with van der Waals surface area (Å²) in [6, 6.07) is 1.83. The Morgan fingerprint density at radius 3 is 2.70 bits per heavy atom. The summed E-state index contributed by atoms with van der Waals surface area (Å²) in [5, 5.41) is 0.353. The first kappa shape index (κ1) is 13.4. The fourth-order valence-electron chi connectivity index (χ4n) is 3.24. The van der Waals surface area contributed by atoms with Gasteiger partial charge in [0, 0.05) is 16.8 Å². The van der Waals surface area contributed by atoms with Crippen LogP contribution in [0.25, 0.3) is 0 Å². The van der Waals surface area contributed by atoms with Crippen LogP contribution >= 0.6 is 11.6 Å². The zero-order valence-corrected chi connectivity index (χ0v) is 11.9. The van der Waals surface area contributed by atoms with Gasteiger partial charge in [-0.3, -0.25) is 4.79 Å². The Morgan fingerprint density at radius 2 is 2.05 bits per heavy atom. The number of rotatable bonds is 2. The Hall–Kier alpha value is -1.55. The molecule has 1 aromatic rings. The maximum absolute atomic E-state index is 12.4. The number of ether oxygens (including phenoxy) is 1. The smallest absolute Gasteiger partial charge is 0.345 e. The molecular weight excluding hydrogens is 278 g/mol. The molecule has 1 aliphatic heterocycles. The molecule has 1 spiro atoms. The monoisotopic (exact) mass is 293 g/mol. The number of carbonyl (C=O) groups is 1. The fourth-order valence-corrected chi connectivity index (χ4v) is 3.37. The summed E-state index contributed by atoms with van der Waals surface area (Å²) in [4.78, 5) is 24.5. The van der Waals surface area contributed by atoms with Crippen molar-refractivity contribution in [2.24, 2.45) is 0 Å². The molecule has 1 aromatic heterocycles. The maximum atomic E-state index is 12.4. The zero-order valence-electron chi connectivity index (χ0n) is 11.2. The summed E-state index contributed by atoms with van der Waals surface area (Å²) in [7, 11) is 0. The SMILES string of the molecule is C=C(Cl)Cn1ccc2c(c1=O)C(=O)OC21CCCCC1. The van der Waals surface area contributed by atoms with Crippen LogP contribution in [0.2, 0.25) is 0 Å². The number of carbonyl (C=O) groups excluding carboxylic acids is 1. The van der Waals surface area contributed by atoms with Gasteiger partial charge >= 0.3 is 5.97 Å². The van der Waals surface area contributed by atoms with Gasteiger partial charge in [-0.15, -0.1) is 0 Å². The van der Waals surface area contributed by atoms with Crippen LogP contribution in [-0.2, 0) is 16.9 Å². The zero-order chi connectivity index (χ0) is 14.3. The number of pyridine rings is 1. The van der Waals surface area contributed by atoms with Crippen molar-refractivity contribution in [2.75, 3.05) is 0 Å². The molecule has 4 nitrogen and oxygen atoms in total. The Bertz CT molecular complexity index is 641. The van der Waals surface area contributed by atoms with Crippen molar-refractivity contribution in [1.82, 2.24) is 4.57 Å². The third-order valence-corrected chi connectivity index (χ3v) is 4.27. The van der Waals surface area contributed by atoms with E-state index in [2.05, 4.69) is 6.58 Å². The molecule has 106 valence electrons. The lowest BCUT2D eigenvalue weighted by atomic mass is 9.80. The van der Waals surface area contributed by atoms with Gasteiger partial charge in [-0.25, -0.2) is 4.79 Å². The Kier molecular flexibility index (Phi) is 3.21. The average molecular weight is 294 g/mol. The quantitative estimate of drug-likeness (QED) is 0.788. The van der Waals surface area contributed by atoms with Crippen molar-refractivity contribution in [3.8, 4) is 0 Å². The summed E-state index contributed by atoms with van der Waals surface area (Å²) < 4.78 is 6.99. The highest BCUT2D eigenvalue weighted by molar-refractivity contribution is 6.29. The van der Waals surface area contributed by atoms with Crippen LogP contribution in [-0.4, -0.2) is 10.5 Å². The molecule has 0 amide bonds. The summed E-state index contributed by atoms with van der Waals surface area (Å²) in [6.07, 6.45) is 6.47. The molecule has 5 heteroatoms. The molecule has 2 aliphatic rings. The third-order valence-electron chi connectivity index (χ3n) is 4.15. The minimum Gasteiger partial charge on any atom is -0.450 e. The first-order valence-corrected chi connectivity index (χ1v) is 7.22. The molecule has 0 atom stereocenters. The third kappa shape index (κ3) is 1.99. The number of aromatic nitrogens is 1. The minimum atomic E-state index is -0.569. The first-order chi connectivity index (χ1) is 9.53. The lowest BCUT2D eigenvalue weighted by Crippen LogP contribution is -2.30. The molecular formula is C15H16ClNO3. The highest BCUT2D eigenvalue weighted by Crippen LogP contribution is 2.45. The van der Waals surface area contributed by atoms with Gasteiger partial charge in [0.25, 0.3) is 5.56 Å². The number of esters is 1. The predicted octanol–water partition coefficient (Wildman–Crippen LogP) is 2.93. The van der Waals surface area contributed by atoms with Crippen LogP contribution in [0.4, 0.5) is 0 Å².